The molecule has 0 aliphatic carbocycles. The second kappa shape index (κ2) is 7.92. The van der Waals surface area contributed by atoms with Crippen LogP contribution < -0.4 is 5.32 Å². The van der Waals surface area contributed by atoms with Crippen LogP contribution in [0.5, 0.6) is 0 Å². The highest BCUT2D eigenvalue weighted by atomic mass is 16.6. The van der Waals surface area contributed by atoms with Gasteiger partial charge in [-0.1, -0.05) is 0 Å². The molecule has 0 aliphatic rings. The van der Waals surface area contributed by atoms with Gasteiger partial charge in [-0.2, -0.15) is 10.2 Å². The van der Waals surface area contributed by atoms with Crippen LogP contribution in [-0.2, 0) is 27.1 Å². The largest absolute Gasteiger partial charge is 0.313 e. The third-order valence-electron chi connectivity index (χ3n) is 4.15. The topological polar surface area (TPSA) is 90.8 Å². The molecule has 0 radical (unpaired) electrons. The average molecular weight is 354 g/mol. The molecule has 0 saturated heterocycles. The van der Waals surface area contributed by atoms with Gasteiger partial charge in [0.15, 0.2) is 0 Å². The van der Waals surface area contributed by atoms with Gasteiger partial charge in [-0.25, -0.2) is 0 Å². The van der Waals surface area contributed by atoms with Crippen LogP contribution in [-0.4, -0.2) is 31.0 Å². The molecule has 136 valence electrons. The second-order valence-electron chi connectivity index (χ2n) is 6.28. The van der Waals surface area contributed by atoms with E-state index in [1.807, 2.05) is 37.4 Å². The molecule has 2 heterocycles. The van der Waals surface area contributed by atoms with Crippen molar-refractivity contribution in [3.8, 4) is 11.3 Å². The van der Waals surface area contributed by atoms with Crippen molar-refractivity contribution in [1.82, 2.24) is 24.9 Å². The smallest absolute Gasteiger partial charge is 0.269 e. The summed E-state index contributed by atoms with van der Waals surface area (Å²) in [7, 11) is 3.80. The molecule has 8 nitrogen and oxygen atoms in total. The Hall–Kier alpha value is -3.00. The van der Waals surface area contributed by atoms with E-state index in [0.29, 0.717) is 6.54 Å². The molecule has 0 bridgehead atoms. The van der Waals surface area contributed by atoms with Crippen molar-refractivity contribution >= 4 is 5.69 Å². The fourth-order valence-electron chi connectivity index (χ4n) is 2.89. The summed E-state index contributed by atoms with van der Waals surface area (Å²) >= 11 is 0. The summed E-state index contributed by atoms with van der Waals surface area (Å²) in [4.78, 5) is 10.4. The first-order valence-electron chi connectivity index (χ1n) is 8.48. The van der Waals surface area contributed by atoms with Crippen LogP contribution in [0.3, 0.4) is 0 Å². The van der Waals surface area contributed by atoms with E-state index in [-0.39, 0.29) is 5.69 Å². The summed E-state index contributed by atoms with van der Waals surface area (Å²) < 4.78 is 3.58. The Labute approximate surface area is 151 Å². The number of nitro groups is 1. The fraction of sp³-hybridized carbons (Fsp3) is 0.333. The molecule has 0 unspecified atom stereocenters. The van der Waals surface area contributed by atoms with Crippen molar-refractivity contribution in [1.29, 1.82) is 0 Å². The molecule has 0 saturated carbocycles. The number of nitro benzene ring substituents is 1. The zero-order chi connectivity index (χ0) is 18.5. The molecule has 26 heavy (non-hydrogen) atoms. The van der Waals surface area contributed by atoms with Crippen molar-refractivity contribution in [3.05, 3.63) is 64.1 Å². The lowest BCUT2D eigenvalue weighted by Crippen LogP contribution is -2.15. The van der Waals surface area contributed by atoms with Crippen LogP contribution in [0.15, 0.2) is 42.9 Å². The standard InChI is InChI=1S/C18H22N6O2/c1-22-12-14(10-20-22)4-3-9-19-11-16-13-23(2)21-18(16)15-5-7-17(8-6-15)24(25)26/h5-8,10,12-13,19H,3-4,9,11H2,1-2H3. The Bertz CT molecular complexity index is 881. The first-order chi connectivity index (χ1) is 12.5. The van der Waals surface area contributed by atoms with Crippen molar-refractivity contribution in [2.75, 3.05) is 6.54 Å². The Morgan fingerprint density at radius 2 is 1.92 bits per heavy atom. The van der Waals surface area contributed by atoms with Crippen LogP contribution in [0.1, 0.15) is 17.5 Å². The zero-order valence-electron chi connectivity index (χ0n) is 14.9. The number of aryl methyl sites for hydroxylation is 3. The van der Waals surface area contributed by atoms with Gasteiger partial charge >= 0.3 is 0 Å². The lowest BCUT2D eigenvalue weighted by atomic mass is 10.1. The number of aromatic nitrogens is 4. The lowest BCUT2D eigenvalue weighted by Gasteiger charge is -2.05. The summed E-state index contributed by atoms with van der Waals surface area (Å²) in [6.45, 7) is 1.59. The quantitative estimate of drug-likeness (QED) is 0.381. The van der Waals surface area contributed by atoms with E-state index in [0.717, 1.165) is 36.2 Å². The second-order valence-corrected chi connectivity index (χ2v) is 6.28. The van der Waals surface area contributed by atoms with Crippen LogP contribution in [0.2, 0.25) is 0 Å². The van der Waals surface area contributed by atoms with Crippen molar-refractivity contribution in [3.63, 3.8) is 0 Å². The third kappa shape index (κ3) is 4.34. The molecule has 3 aromatic rings. The van der Waals surface area contributed by atoms with Crippen LogP contribution in [0, 0.1) is 10.1 Å². The van der Waals surface area contributed by atoms with Gasteiger partial charge in [0, 0.05) is 56.3 Å². The number of rotatable bonds is 8. The van der Waals surface area contributed by atoms with E-state index in [9.17, 15) is 10.1 Å². The number of non-ortho nitro benzene ring substituents is 1. The Balaban J connectivity index is 1.57. The first kappa shape index (κ1) is 17.8. The van der Waals surface area contributed by atoms with Crippen molar-refractivity contribution in [2.45, 2.75) is 19.4 Å². The number of nitrogens with zero attached hydrogens (tertiary/aromatic N) is 5. The fourth-order valence-corrected chi connectivity index (χ4v) is 2.89. The van der Waals surface area contributed by atoms with E-state index in [4.69, 9.17) is 0 Å². The predicted octanol–water partition coefficient (Wildman–Crippen LogP) is 2.45. The average Bonchev–Trinajstić information content (AvgIpc) is 3.20. The number of hydrogen-bond acceptors (Lipinski definition) is 5. The molecule has 1 aromatic carbocycles. The van der Waals surface area contributed by atoms with Crippen molar-refractivity contribution in [2.24, 2.45) is 14.1 Å². The monoisotopic (exact) mass is 354 g/mol. The molecule has 0 atom stereocenters. The van der Waals surface area contributed by atoms with Crippen LogP contribution in [0.4, 0.5) is 5.69 Å². The molecule has 8 heteroatoms. The predicted molar refractivity (Wildman–Crippen MR) is 98.5 cm³/mol. The van der Waals surface area contributed by atoms with Crippen LogP contribution >= 0.6 is 0 Å². The van der Waals surface area contributed by atoms with Gasteiger partial charge in [-0.05, 0) is 37.1 Å². The number of hydrogen-bond donors (Lipinski definition) is 1. The van der Waals surface area contributed by atoms with E-state index in [1.54, 1.807) is 16.8 Å². The molecule has 0 fully saturated rings. The Morgan fingerprint density at radius 1 is 1.15 bits per heavy atom. The van der Waals surface area contributed by atoms with Crippen LogP contribution in [0.25, 0.3) is 11.3 Å². The van der Waals surface area contributed by atoms with Gasteiger partial charge < -0.3 is 5.32 Å². The normalized spacial score (nSPS) is 11.0. The lowest BCUT2D eigenvalue weighted by molar-refractivity contribution is -0.384. The van der Waals surface area contributed by atoms with E-state index < -0.39 is 4.92 Å². The third-order valence-corrected chi connectivity index (χ3v) is 4.15. The van der Waals surface area contributed by atoms with E-state index in [2.05, 4.69) is 15.5 Å². The maximum Gasteiger partial charge on any atom is 0.269 e. The van der Waals surface area contributed by atoms with E-state index in [1.165, 1.54) is 17.7 Å². The minimum absolute atomic E-state index is 0.0831. The van der Waals surface area contributed by atoms with Gasteiger partial charge in [0.2, 0.25) is 0 Å². The zero-order valence-corrected chi connectivity index (χ0v) is 14.9. The molecule has 2 aromatic heterocycles. The molecular weight excluding hydrogens is 332 g/mol. The minimum atomic E-state index is -0.396. The molecule has 1 N–H and O–H groups in total. The van der Waals surface area contributed by atoms with Gasteiger partial charge in [0.1, 0.15) is 0 Å². The van der Waals surface area contributed by atoms with Gasteiger partial charge in [-0.3, -0.25) is 19.5 Å². The summed E-state index contributed by atoms with van der Waals surface area (Å²) in [5.74, 6) is 0. The Kier molecular flexibility index (Phi) is 5.43. The highest BCUT2D eigenvalue weighted by Crippen LogP contribution is 2.24. The van der Waals surface area contributed by atoms with Gasteiger partial charge in [0.05, 0.1) is 16.8 Å². The van der Waals surface area contributed by atoms with Crippen molar-refractivity contribution < 1.29 is 4.92 Å². The summed E-state index contributed by atoms with van der Waals surface area (Å²) in [6, 6.07) is 6.50. The maximum atomic E-state index is 10.8. The number of benzene rings is 1. The van der Waals surface area contributed by atoms with Gasteiger partial charge in [0.25, 0.3) is 5.69 Å². The SMILES string of the molecule is Cn1cc(CCCNCc2cn(C)nc2-c2ccc([N+](=O)[O-])cc2)cn1. The first-order valence-corrected chi connectivity index (χ1v) is 8.48. The molecule has 0 aliphatic heterocycles. The summed E-state index contributed by atoms with van der Waals surface area (Å²) in [5, 5.41) is 22.9. The maximum absolute atomic E-state index is 10.8. The minimum Gasteiger partial charge on any atom is -0.313 e. The Morgan fingerprint density at radius 3 is 2.58 bits per heavy atom. The highest BCUT2D eigenvalue weighted by Gasteiger charge is 2.12. The molecule has 0 amide bonds. The van der Waals surface area contributed by atoms with E-state index >= 15 is 0 Å². The molecule has 3 rings (SSSR count). The molecule has 0 spiro atoms. The van der Waals surface area contributed by atoms with Gasteiger partial charge in [-0.15, -0.1) is 0 Å². The summed E-state index contributed by atoms with van der Waals surface area (Å²) in [6.07, 6.45) is 7.92. The summed E-state index contributed by atoms with van der Waals surface area (Å²) in [5.41, 5.74) is 4.12. The molecular formula is C18H22N6O2. The number of nitrogens with one attached hydrogen (secondary N) is 1. The highest BCUT2D eigenvalue weighted by molar-refractivity contribution is 5.64.